The maximum Gasteiger partial charge on any atom is 0.251 e. The van der Waals surface area contributed by atoms with E-state index in [1.54, 1.807) is 18.2 Å². The van der Waals surface area contributed by atoms with E-state index in [2.05, 4.69) is 14.9 Å². The SMILES string of the molecule is O=C(NCCn1ccnc1C1CC1)c1ccc2c(c1)OCO2. The van der Waals surface area contributed by atoms with Crippen LogP contribution in [0.4, 0.5) is 0 Å². The van der Waals surface area contributed by atoms with Crippen LogP contribution in [0.3, 0.4) is 0 Å². The van der Waals surface area contributed by atoms with E-state index in [0.717, 1.165) is 12.4 Å². The van der Waals surface area contributed by atoms with E-state index in [9.17, 15) is 4.79 Å². The van der Waals surface area contributed by atoms with Crippen molar-refractivity contribution in [2.24, 2.45) is 0 Å². The minimum Gasteiger partial charge on any atom is -0.454 e. The van der Waals surface area contributed by atoms with E-state index in [4.69, 9.17) is 9.47 Å². The largest absolute Gasteiger partial charge is 0.454 e. The van der Waals surface area contributed by atoms with Gasteiger partial charge in [0.15, 0.2) is 11.5 Å². The molecule has 2 heterocycles. The number of rotatable bonds is 5. The summed E-state index contributed by atoms with van der Waals surface area (Å²) < 4.78 is 12.7. The topological polar surface area (TPSA) is 65.4 Å². The van der Waals surface area contributed by atoms with Crippen LogP contribution in [0.2, 0.25) is 0 Å². The number of nitrogens with one attached hydrogen (secondary N) is 1. The Balaban J connectivity index is 1.35. The molecule has 114 valence electrons. The van der Waals surface area contributed by atoms with Crippen LogP contribution >= 0.6 is 0 Å². The van der Waals surface area contributed by atoms with Gasteiger partial charge in [-0.25, -0.2) is 4.98 Å². The number of carbonyl (C=O) groups excluding carboxylic acids is 1. The van der Waals surface area contributed by atoms with Crippen molar-refractivity contribution in [3.05, 3.63) is 42.0 Å². The zero-order chi connectivity index (χ0) is 14.9. The molecule has 2 aromatic rings. The molecule has 0 atom stereocenters. The molecule has 0 radical (unpaired) electrons. The van der Waals surface area contributed by atoms with Crippen LogP contribution in [0.5, 0.6) is 11.5 Å². The Hall–Kier alpha value is -2.50. The smallest absolute Gasteiger partial charge is 0.251 e. The fourth-order valence-corrected chi connectivity index (χ4v) is 2.64. The van der Waals surface area contributed by atoms with Crippen LogP contribution in [-0.4, -0.2) is 28.8 Å². The first-order chi connectivity index (χ1) is 10.8. The molecular weight excluding hydrogens is 282 g/mol. The lowest BCUT2D eigenvalue weighted by atomic mass is 10.2. The Morgan fingerprint density at radius 1 is 1.32 bits per heavy atom. The summed E-state index contributed by atoms with van der Waals surface area (Å²) >= 11 is 0. The summed E-state index contributed by atoms with van der Waals surface area (Å²) in [6.45, 7) is 1.52. The third-order valence-corrected chi connectivity index (χ3v) is 3.96. The quantitative estimate of drug-likeness (QED) is 0.916. The molecule has 4 rings (SSSR count). The summed E-state index contributed by atoms with van der Waals surface area (Å²) in [5, 5.41) is 2.93. The van der Waals surface area contributed by atoms with Gasteiger partial charge in [-0.3, -0.25) is 4.79 Å². The van der Waals surface area contributed by atoms with Crippen LogP contribution in [0, 0.1) is 0 Å². The lowest BCUT2D eigenvalue weighted by Crippen LogP contribution is -2.27. The Kier molecular flexibility index (Phi) is 3.21. The van der Waals surface area contributed by atoms with Crippen LogP contribution in [0.15, 0.2) is 30.6 Å². The highest BCUT2D eigenvalue weighted by atomic mass is 16.7. The number of hydrogen-bond donors (Lipinski definition) is 1. The second-order valence-electron chi connectivity index (χ2n) is 5.58. The summed E-state index contributed by atoms with van der Waals surface area (Å²) in [6, 6.07) is 5.22. The monoisotopic (exact) mass is 299 g/mol. The molecule has 0 bridgehead atoms. The first-order valence-electron chi connectivity index (χ1n) is 7.50. The average Bonchev–Trinajstić information content (AvgIpc) is 3.09. The second-order valence-corrected chi connectivity index (χ2v) is 5.58. The van der Waals surface area contributed by atoms with Gasteiger partial charge in [-0.1, -0.05) is 0 Å². The molecule has 0 unspecified atom stereocenters. The molecule has 1 amide bonds. The lowest BCUT2D eigenvalue weighted by molar-refractivity contribution is 0.0951. The molecule has 1 N–H and O–H groups in total. The third-order valence-electron chi connectivity index (χ3n) is 3.96. The first-order valence-corrected chi connectivity index (χ1v) is 7.50. The normalized spacial score (nSPS) is 15.8. The average molecular weight is 299 g/mol. The maximum absolute atomic E-state index is 12.2. The number of aromatic nitrogens is 2. The van der Waals surface area contributed by atoms with Crippen molar-refractivity contribution < 1.29 is 14.3 Å². The molecule has 6 nitrogen and oxygen atoms in total. The number of hydrogen-bond acceptors (Lipinski definition) is 4. The van der Waals surface area contributed by atoms with Gasteiger partial charge in [-0.2, -0.15) is 0 Å². The highest BCUT2D eigenvalue weighted by Gasteiger charge is 2.27. The van der Waals surface area contributed by atoms with Gasteiger partial charge in [0.2, 0.25) is 6.79 Å². The van der Waals surface area contributed by atoms with Crippen molar-refractivity contribution in [3.8, 4) is 11.5 Å². The summed E-state index contributed by atoms with van der Waals surface area (Å²) in [6.07, 6.45) is 6.24. The standard InChI is InChI=1S/C16H17N3O3/c20-16(12-3-4-13-14(9-12)22-10-21-13)18-6-8-19-7-5-17-15(19)11-1-2-11/h3-5,7,9,11H,1-2,6,8,10H2,(H,18,20). The van der Waals surface area contributed by atoms with Gasteiger partial charge in [0, 0.05) is 37.0 Å². The molecule has 0 spiro atoms. The molecule has 1 saturated carbocycles. The van der Waals surface area contributed by atoms with Gasteiger partial charge in [0.05, 0.1) is 0 Å². The van der Waals surface area contributed by atoms with Gasteiger partial charge in [0.25, 0.3) is 5.91 Å². The number of ether oxygens (including phenoxy) is 2. The number of amides is 1. The van der Waals surface area contributed by atoms with Gasteiger partial charge in [0.1, 0.15) is 5.82 Å². The Bertz CT molecular complexity index is 706. The highest BCUT2D eigenvalue weighted by molar-refractivity contribution is 5.94. The molecule has 1 aliphatic heterocycles. The number of carbonyl (C=O) groups is 1. The summed E-state index contributed by atoms with van der Waals surface area (Å²) in [7, 11) is 0. The molecule has 22 heavy (non-hydrogen) atoms. The van der Waals surface area contributed by atoms with E-state index in [1.807, 2.05) is 12.4 Å². The molecule has 1 aromatic heterocycles. The zero-order valence-electron chi connectivity index (χ0n) is 12.1. The van der Waals surface area contributed by atoms with Crippen molar-refractivity contribution in [1.82, 2.24) is 14.9 Å². The summed E-state index contributed by atoms with van der Waals surface area (Å²) in [4.78, 5) is 16.6. The van der Waals surface area contributed by atoms with Crippen molar-refractivity contribution >= 4 is 5.91 Å². The van der Waals surface area contributed by atoms with Crippen molar-refractivity contribution in [3.63, 3.8) is 0 Å². The predicted octanol–water partition coefficient (Wildman–Crippen LogP) is 1.92. The number of nitrogens with zero attached hydrogens (tertiary/aromatic N) is 2. The minimum absolute atomic E-state index is 0.105. The number of imidazole rings is 1. The number of fused-ring (bicyclic) bond motifs is 1. The Morgan fingerprint density at radius 2 is 2.18 bits per heavy atom. The molecule has 2 aliphatic rings. The third kappa shape index (κ3) is 2.52. The summed E-state index contributed by atoms with van der Waals surface area (Å²) in [5.74, 6) is 2.95. The number of benzene rings is 1. The van der Waals surface area contributed by atoms with Crippen LogP contribution in [-0.2, 0) is 6.54 Å². The molecule has 0 saturated heterocycles. The first kappa shape index (κ1) is 13.2. The van der Waals surface area contributed by atoms with Crippen LogP contribution in [0.1, 0.15) is 34.9 Å². The highest BCUT2D eigenvalue weighted by Crippen LogP contribution is 2.38. The van der Waals surface area contributed by atoms with E-state index in [-0.39, 0.29) is 12.7 Å². The summed E-state index contributed by atoms with van der Waals surface area (Å²) in [5.41, 5.74) is 0.581. The minimum atomic E-state index is -0.105. The van der Waals surface area contributed by atoms with E-state index in [1.165, 1.54) is 12.8 Å². The van der Waals surface area contributed by atoms with Gasteiger partial charge < -0.3 is 19.4 Å². The molecule has 1 aliphatic carbocycles. The van der Waals surface area contributed by atoms with Gasteiger partial charge in [-0.15, -0.1) is 0 Å². The van der Waals surface area contributed by atoms with E-state index in [0.29, 0.717) is 29.5 Å². The molecule has 6 heteroatoms. The maximum atomic E-state index is 12.2. The molecule has 1 fully saturated rings. The second kappa shape index (κ2) is 5.36. The fourth-order valence-electron chi connectivity index (χ4n) is 2.64. The predicted molar refractivity (Wildman–Crippen MR) is 79.1 cm³/mol. The Morgan fingerprint density at radius 3 is 3.05 bits per heavy atom. The van der Waals surface area contributed by atoms with Gasteiger partial charge >= 0.3 is 0 Å². The molecule has 1 aromatic carbocycles. The Labute approximate surface area is 128 Å². The lowest BCUT2D eigenvalue weighted by Gasteiger charge is -2.09. The zero-order valence-corrected chi connectivity index (χ0v) is 12.1. The van der Waals surface area contributed by atoms with Crippen molar-refractivity contribution in [2.75, 3.05) is 13.3 Å². The van der Waals surface area contributed by atoms with Gasteiger partial charge in [-0.05, 0) is 31.0 Å². The molecular formula is C16H17N3O3. The van der Waals surface area contributed by atoms with E-state index < -0.39 is 0 Å². The van der Waals surface area contributed by atoms with Crippen LogP contribution in [0.25, 0.3) is 0 Å². The fraction of sp³-hybridized carbons (Fsp3) is 0.375. The van der Waals surface area contributed by atoms with Crippen molar-refractivity contribution in [1.29, 1.82) is 0 Å². The van der Waals surface area contributed by atoms with Crippen LogP contribution < -0.4 is 14.8 Å². The van der Waals surface area contributed by atoms with Crippen molar-refractivity contribution in [2.45, 2.75) is 25.3 Å². The van der Waals surface area contributed by atoms with E-state index >= 15 is 0 Å².